The Hall–Kier alpha value is -1.37. The fourth-order valence-corrected chi connectivity index (χ4v) is 3.57. The summed E-state index contributed by atoms with van der Waals surface area (Å²) in [4.78, 5) is 4.61. The topological polar surface area (TPSA) is 32.3 Å². The van der Waals surface area contributed by atoms with E-state index < -0.39 is 11.9 Å². The van der Waals surface area contributed by atoms with Gasteiger partial charge in [-0.1, -0.05) is 0 Å². The van der Waals surface area contributed by atoms with Gasteiger partial charge in [-0.25, -0.2) is 0 Å². The molecule has 1 aromatic rings. The number of aromatic nitrogens is 2. The second kappa shape index (κ2) is 6.02. The van der Waals surface area contributed by atoms with E-state index in [0.29, 0.717) is 17.9 Å². The summed E-state index contributed by atoms with van der Waals surface area (Å²) < 4.78 is 37.5. The molecule has 0 bridgehead atoms. The van der Waals surface area contributed by atoms with Gasteiger partial charge in [0.1, 0.15) is 0 Å². The third-order valence-electron chi connectivity index (χ3n) is 4.80. The predicted molar refractivity (Wildman–Crippen MR) is 77.7 cm³/mol. The number of nitrogens with zero attached hydrogens (tertiary/aromatic N) is 4. The first-order valence-electron chi connectivity index (χ1n) is 7.87. The van der Waals surface area contributed by atoms with Gasteiger partial charge in [0.05, 0.1) is 0 Å². The van der Waals surface area contributed by atoms with Gasteiger partial charge in [0.25, 0.3) is 0 Å². The zero-order chi connectivity index (χ0) is 15.7. The van der Waals surface area contributed by atoms with Gasteiger partial charge in [-0.15, -0.1) is 10.2 Å². The average molecular weight is 314 g/mol. The first-order valence-corrected chi connectivity index (χ1v) is 7.87. The van der Waals surface area contributed by atoms with Gasteiger partial charge >= 0.3 is 6.18 Å². The van der Waals surface area contributed by atoms with Crippen LogP contribution in [0.2, 0.25) is 0 Å². The van der Waals surface area contributed by atoms with Crippen LogP contribution < -0.4 is 4.90 Å². The lowest BCUT2D eigenvalue weighted by atomic mass is 10.0. The summed E-state index contributed by atoms with van der Waals surface area (Å²) >= 11 is 0. The summed E-state index contributed by atoms with van der Waals surface area (Å²) in [6.45, 7) is 5.11. The molecule has 3 heterocycles. The highest BCUT2D eigenvalue weighted by atomic mass is 19.4. The van der Waals surface area contributed by atoms with Crippen LogP contribution in [0.1, 0.15) is 38.3 Å². The van der Waals surface area contributed by atoms with Gasteiger partial charge in [-0.05, 0) is 51.3 Å². The molecule has 4 nitrogen and oxygen atoms in total. The van der Waals surface area contributed by atoms with Gasteiger partial charge in [0.15, 0.2) is 11.5 Å². The molecule has 3 rings (SSSR count). The van der Waals surface area contributed by atoms with Crippen LogP contribution in [-0.2, 0) is 6.18 Å². The van der Waals surface area contributed by atoms with Crippen molar-refractivity contribution in [3.8, 4) is 0 Å². The Bertz CT molecular complexity index is 495. The van der Waals surface area contributed by atoms with Crippen molar-refractivity contribution in [3.63, 3.8) is 0 Å². The van der Waals surface area contributed by atoms with E-state index >= 15 is 0 Å². The van der Waals surface area contributed by atoms with Crippen LogP contribution in [0.3, 0.4) is 0 Å². The van der Waals surface area contributed by atoms with E-state index in [1.165, 1.54) is 25.5 Å². The second-order valence-corrected chi connectivity index (χ2v) is 6.22. The summed E-state index contributed by atoms with van der Waals surface area (Å²) in [6, 6.07) is 3.68. The summed E-state index contributed by atoms with van der Waals surface area (Å²) in [5.74, 6) is 0.543. The van der Waals surface area contributed by atoms with Crippen LogP contribution in [0.25, 0.3) is 0 Å². The van der Waals surface area contributed by atoms with Crippen LogP contribution in [0.15, 0.2) is 12.1 Å². The lowest BCUT2D eigenvalue weighted by Gasteiger charge is -2.38. The van der Waals surface area contributed by atoms with Gasteiger partial charge in [-0.2, -0.15) is 13.2 Å². The van der Waals surface area contributed by atoms with E-state index in [1.807, 2.05) is 4.90 Å². The molecule has 122 valence electrons. The highest BCUT2D eigenvalue weighted by molar-refractivity contribution is 5.38. The third-order valence-corrected chi connectivity index (χ3v) is 4.80. The minimum atomic E-state index is -4.43. The molecule has 0 saturated carbocycles. The molecule has 2 aliphatic heterocycles. The first-order chi connectivity index (χ1) is 10.4. The number of halogens is 3. The second-order valence-electron chi connectivity index (χ2n) is 6.22. The van der Waals surface area contributed by atoms with E-state index in [4.69, 9.17) is 0 Å². The minimum Gasteiger partial charge on any atom is -0.355 e. The largest absolute Gasteiger partial charge is 0.435 e. The summed E-state index contributed by atoms with van der Waals surface area (Å²) in [6.07, 6.45) is 0.181. The zero-order valence-corrected chi connectivity index (χ0v) is 12.7. The molecule has 7 heteroatoms. The molecule has 0 aromatic carbocycles. The summed E-state index contributed by atoms with van der Waals surface area (Å²) in [7, 11) is 0. The number of hydrogen-bond donors (Lipinski definition) is 0. The Labute approximate surface area is 128 Å². The lowest BCUT2D eigenvalue weighted by molar-refractivity contribution is -0.141. The lowest BCUT2D eigenvalue weighted by Crippen LogP contribution is -2.46. The number of anilines is 1. The Morgan fingerprint density at radius 1 is 1.05 bits per heavy atom. The molecule has 2 aliphatic rings. The van der Waals surface area contributed by atoms with Crippen LogP contribution in [0.5, 0.6) is 0 Å². The normalized spacial score (nSPS) is 24.9. The van der Waals surface area contributed by atoms with Crippen molar-refractivity contribution in [1.82, 2.24) is 15.1 Å². The highest BCUT2D eigenvalue weighted by Crippen LogP contribution is 2.29. The van der Waals surface area contributed by atoms with Crippen molar-refractivity contribution < 1.29 is 13.2 Å². The molecular weight excluding hydrogens is 293 g/mol. The van der Waals surface area contributed by atoms with Crippen molar-refractivity contribution in [3.05, 3.63) is 17.8 Å². The molecule has 0 spiro atoms. The average Bonchev–Trinajstić information content (AvgIpc) is 2.93. The number of rotatable bonds is 2. The first kappa shape index (κ1) is 15.5. The highest BCUT2D eigenvalue weighted by Gasteiger charge is 2.34. The van der Waals surface area contributed by atoms with Gasteiger partial charge < -0.3 is 4.90 Å². The molecule has 0 aliphatic carbocycles. The van der Waals surface area contributed by atoms with E-state index in [0.717, 1.165) is 32.0 Å². The smallest absolute Gasteiger partial charge is 0.355 e. The van der Waals surface area contributed by atoms with Crippen molar-refractivity contribution >= 4 is 5.82 Å². The molecule has 1 unspecified atom stereocenters. The Kier molecular flexibility index (Phi) is 4.25. The summed E-state index contributed by atoms with van der Waals surface area (Å²) in [5.41, 5.74) is -0.933. The fourth-order valence-electron chi connectivity index (χ4n) is 3.57. The van der Waals surface area contributed by atoms with E-state index in [9.17, 15) is 13.2 Å². The van der Waals surface area contributed by atoms with Crippen molar-refractivity contribution in [2.24, 2.45) is 0 Å². The Morgan fingerprint density at radius 3 is 2.27 bits per heavy atom. The maximum Gasteiger partial charge on any atom is 0.435 e. The van der Waals surface area contributed by atoms with Crippen LogP contribution >= 0.6 is 0 Å². The molecule has 1 aromatic heterocycles. The van der Waals surface area contributed by atoms with Crippen LogP contribution in [-0.4, -0.2) is 46.8 Å². The molecular formula is C15H21F3N4. The number of likely N-dealkylation sites (tertiary alicyclic amines) is 1. The van der Waals surface area contributed by atoms with Gasteiger partial charge in [-0.3, -0.25) is 4.90 Å². The van der Waals surface area contributed by atoms with Gasteiger partial charge in [0.2, 0.25) is 0 Å². The standard InChI is InChI=1S/C15H21F3N4/c1-11-3-2-8-22(11)12-6-9-21(10-7-12)14-5-4-13(19-20-14)15(16,17)18/h4-5,11-12H,2-3,6-10H2,1H3. The molecule has 1 atom stereocenters. The third kappa shape index (κ3) is 3.19. The Balaban J connectivity index is 1.59. The van der Waals surface area contributed by atoms with Crippen LogP contribution in [0, 0.1) is 0 Å². The molecule has 22 heavy (non-hydrogen) atoms. The molecule has 0 N–H and O–H groups in total. The monoisotopic (exact) mass is 314 g/mol. The van der Waals surface area contributed by atoms with E-state index in [-0.39, 0.29) is 0 Å². The maximum atomic E-state index is 12.5. The Morgan fingerprint density at radius 2 is 1.77 bits per heavy atom. The SMILES string of the molecule is CC1CCCN1C1CCN(c2ccc(C(F)(F)F)nn2)CC1. The van der Waals surface area contributed by atoms with Crippen molar-refractivity contribution in [2.75, 3.05) is 24.5 Å². The molecule has 0 amide bonds. The van der Waals surface area contributed by atoms with E-state index in [2.05, 4.69) is 22.0 Å². The number of hydrogen-bond acceptors (Lipinski definition) is 4. The number of alkyl halides is 3. The molecule has 2 fully saturated rings. The zero-order valence-electron chi connectivity index (χ0n) is 12.7. The van der Waals surface area contributed by atoms with Gasteiger partial charge in [0, 0.05) is 25.2 Å². The minimum absolute atomic E-state index is 0.543. The van der Waals surface area contributed by atoms with Crippen molar-refractivity contribution in [1.29, 1.82) is 0 Å². The quantitative estimate of drug-likeness (QED) is 0.840. The predicted octanol–water partition coefficient (Wildman–Crippen LogP) is 2.95. The maximum absolute atomic E-state index is 12.5. The summed E-state index contributed by atoms with van der Waals surface area (Å²) in [5, 5.41) is 7.06. The van der Waals surface area contributed by atoms with Crippen LogP contribution in [0.4, 0.5) is 19.0 Å². The molecule has 0 radical (unpaired) electrons. The van der Waals surface area contributed by atoms with E-state index in [1.54, 1.807) is 0 Å². The van der Waals surface area contributed by atoms with Crippen molar-refractivity contribution in [2.45, 2.75) is 50.9 Å². The molecule has 2 saturated heterocycles. The fraction of sp³-hybridized carbons (Fsp3) is 0.733. The number of piperidine rings is 1.